The summed E-state index contributed by atoms with van der Waals surface area (Å²) in [6.07, 6.45) is 5.00. The molecule has 0 radical (unpaired) electrons. The van der Waals surface area contributed by atoms with Gasteiger partial charge in [0.25, 0.3) is 0 Å². The highest BCUT2D eigenvalue weighted by molar-refractivity contribution is 5.32. The lowest BCUT2D eigenvalue weighted by Gasteiger charge is -2.29. The fraction of sp³-hybridized carbons (Fsp3) is 0.647. The fourth-order valence-electron chi connectivity index (χ4n) is 3.08. The van der Waals surface area contributed by atoms with E-state index in [0.717, 1.165) is 13.0 Å². The first-order valence-corrected chi connectivity index (χ1v) is 7.67. The van der Waals surface area contributed by atoms with Crippen molar-refractivity contribution in [3.63, 3.8) is 0 Å². The molecule has 0 spiro atoms. The maximum absolute atomic E-state index is 5.67. The van der Waals surface area contributed by atoms with Crippen molar-refractivity contribution in [2.24, 2.45) is 0 Å². The van der Waals surface area contributed by atoms with Crippen LogP contribution in [0.25, 0.3) is 0 Å². The number of aryl methyl sites for hydroxylation is 1. The molecule has 20 heavy (non-hydrogen) atoms. The molecule has 0 fully saturated rings. The van der Waals surface area contributed by atoms with Crippen LogP contribution in [-0.4, -0.2) is 40.0 Å². The molecule has 1 aromatic carbocycles. The summed E-state index contributed by atoms with van der Waals surface area (Å²) < 4.78 is 10.7. The van der Waals surface area contributed by atoms with Gasteiger partial charge in [0.1, 0.15) is 0 Å². The number of ether oxygens (including phenoxy) is 2. The van der Waals surface area contributed by atoms with E-state index in [9.17, 15) is 0 Å². The number of rotatable bonds is 8. The van der Waals surface area contributed by atoms with Crippen molar-refractivity contribution in [1.82, 2.24) is 5.32 Å². The molecular weight excluding hydrogens is 250 g/mol. The molecule has 1 N–H and O–H groups in total. The Bertz CT molecular complexity index is 394. The molecule has 0 aromatic heterocycles. The summed E-state index contributed by atoms with van der Waals surface area (Å²) in [5.74, 6) is 0.670. The van der Waals surface area contributed by atoms with Gasteiger partial charge < -0.3 is 14.8 Å². The second-order valence-corrected chi connectivity index (χ2v) is 5.58. The van der Waals surface area contributed by atoms with Gasteiger partial charge in [-0.2, -0.15) is 0 Å². The van der Waals surface area contributed by atoms with Crippen molar-refractivity contribution in [3.8, 4) is 0 Å². The van der Waals surface area contributed by atoms with Crippen LogP contribution < -0.4 is 5.32 Å². The maximum Gasteiger partial charge on any atom is 0.0701 e. The van der Waals surface area contributed by atoms with Crippen LogP contribution in [0.2, 0.25) is 0 Å². The summed E-state index contributed by atoms with van der Waals surface area (Å²) in [6, 6.07) is 9.33. The molecule has 0 saturated heterocycles. The maximum atomic E-state index is 5.67. The lowest BCUT2D eigenvalue weighted by atomic mass is 9.79. The molecule has 1 aliphatic carbocycles. The van der Waals surface area contributed by atoms with E-state index in [1.807, 2.05) is 7.05 Å². The first-order chi connectivity index (χ1) is 9.85. The Kier molecular flexibility index (Phi) is 6.51. The zero-order valence-corrected chi connectivity index (χ0v) is 12.7. The first kappa shape index (κ1) is 15.5. The third-order valence-corrected chi connectivity index (χ3v) is 4.22. The van der Waals surface area contributed by atoms with Gasteiger partial charge in [-0.15, -0.1) is 0 Å². The van der Waals surface area contributed by atoms with E-state index in [1.165, 1.54) is 19.3 Å². The third-order valence-electron chi connectivity index (χ3n) is 4.22. The van der Waals surface area contributed by atoms with Gasteiger partial charge in [0, 0.05) is 13.2 Å². The highest BCUT2D eigenvalue weighted by atomic mass is 16.5. The minimum atomic E-state index is 0.419. The summed E-state index contributed by atoms with van der Waals surface area (Å²) in [4.78, 5) is 0. The van der Waals surface area contributed by atoms with Crippen LogP contribution >= 0.6 is 0 Å². The molecule has 2 atom stereocenters. The second-order valence-electron chi connectivity index (χ2n) is 5.58. The average molecular weight is 277 g/mol. The fourth-order valence-corrected chi connectivity index (χ4v) is 3.08. The summed E-state index contributed by atoms with van der Waals surface area (Å²) in [5.41, 5.74) is 3.09. The quantitative estimate of drug-likeness (QED) is 0.741. The zero-order valence-electron chi connectivity index (χ0n) is 12.7. The molecule has 0 heterocycles. The minimum absolute atomic E-state index is 0.419. The van der Waals surface area contributed by atoms with Crippen LogP contribution in [-0.2, 0) is 15.9 Å². The molecule has 0 aliphatic heterocycles. The summed E-state index contributed by atoms with van der Waals surface area (Å²) >= 11 is 0. The molecule has 0 amide bonds. The Labute approximate surface area is 122 Å². The average Bonchev–Trinajstić information content (AvgIpc) is 2.50. The Morgan fingerprint density at radius 1 is 1.30 bits per heavy atom. The summed E-state index contributed by atoms with van der Waals surface area (Å²) in [5, 5.41) is 3.39. The number of methoxy groups -OCH3 is 1. The number of hydrogen-bond donors (Lipinski definition) is 1. The molecule has 0 saturated carbocycles. The van der Waals surface area contributed by atoms with Crippen molar-refractivity contribution in [1.29, 1.82) is 0 Å². The number of hydrogen-bond acceptors (Lipinski definition) is 3. The standard InChI is InChI=1S/C17H27NO2/c1-18-16(13-20-11-10-19-2)12-15-8-5-7-14-6-3-4-9-17(14)15/h3-4,6,9,15-16,18H,5,7-8,10-13H2,1-2H3. The predicted octanol–water partition coefficient (Wildman–Crippen LogP) is 2.75. The van der Waals surface area contributed by atoms with E-state index in [0.29, 0.717) is 25.2 Å². The van der Waals surface area contributed by atoms with Crippen LogP contribution in [0.1, 0.15) is 36.3 Å². The number of benzene rings is 1. The molecule has 1 aliphatic rings. The van der Waals surface area contributed by atoms with Crippen molar-refractivity contribution >= 4 is 0 Å². The SMILES string of the molecule is CNC(COCCOC)CC1CCCc2ccccc21. The summed E-state index contributed by atoms with van der Waals surface area (Å²) in [7, 11) is 3.73. The Hall–Kier alpha value is -0.900. The Morgan fingerprint density at radius 2 is 2.15 bits per heavy atom. The van der Waals surface area contributed by atoms with E-state index in [2.05, 4.69) is 29.6 Å². The van der Waals surface area contributed by atoms with Gasteiger partial charge in [-0.05, 0) is 49.8 Å². The first-order valence-electron chi connectivity index (χ1n) is 7.67. The van der Waals surface area contributed by atoms with E-state index in [1.54, 1.807) is 18.2 Å². The monoisotopic (exact) mass is 277 g/mol. The minimum Gasteiger partial charge on any atom is -0.382 e. The zero-order chi connectivity index (χ0) is 14.2. The molecule has 2 unspecified atom stereocenters. The lowest BCUT2D eigenvalue weighted by Crippen LogP contribution is -2.33. The highest BCUT2D eigenvalue weighted by Crippen LogP contribution is 2.34. The van der Waals surface area contributed by atoms with Gasteiger partial charge in [-0.3, -0.25) is 0 Å². The van der Waals surface area contributed by atoms with Gasteiger partial charge in [-0.25, -0.2) is 0 Å². The molecule has 0 bridgehead atoms. The van der Waals surface area contributed by atoms with Crippen molar-refractivity contribution in [3.05, 3.63) is 35.4 Å². The van der Waals surface area contributed by atoms with Crippen molar-refractivity contribution < 1.29 is 9.47 Å². The highest BCUT2D eigenvalue weighted by Gasteiger charge is 2.22. The molecule has 1 aromatic rings. The third kappa shape index (κ3) is 4.30. The van der Waals surface area contributed by atoms with Gasteiger partial charge in [-0.1, -0.05) is 24.3 Å². The topological polar surface area (TPSA) is 30.5 Å². The van der Waals surface area contributed by atoms with Crippen molar-refractivity contribution in [2.45, 2.75) is 37.6 Å². The predicted molar refractivity (Wildman–Crippen MR) is 82.3 cm³/mol. The van der Waals surface area contributed by atoms with Gasteiger partial charge in [0.05, 0.1) is 19.8 Å². The van der Waals surface area contributed by atoms with Gasteiger partial charge in [0.2, 0.25) is 0 Å². The molecule has 112 valence electrons. The largest absolute Gasteiger partial charge is 0.382 e. The number of fused-ring (bicyclic) bond motifs is 1. The van der Waals surface area contributed by atoms with Crippen LogP contribution in [0.15, 0.2) is 24.3 Å². The molecule has 3 nitrogen and oxygen atoms in total. The smallest absolute Gasteiger partial charge is 0.0701 e. The molecular formula is C17H27NO2. The van der Waals surface area contributed by atoms with Gasteiger partial charge >= 0.3 is 0 Å². The summed E-state index contributed by atoms with van der Waals surface area (Å²) in [6.45, 7) is 2.11. The van der Waals surface area contributed by atoms with Crippen LogP contribution in [0, 0.1) is 0 Å². The van der Waals surface area contributed by atoms with Gasteiger partial charge in [0.15, 0.2) is 0 Å². The van der Waals surface area contributed by atoms with Crippen LogP contribution in [0.4, 0.5) is 0 Å². The van der Waals surface area contributed by atoms with E-state index < -0.39 is 0 Å². The van der Waals surface area contributed by atoms with E-state index in [4.69, 9.17) is 9.47 Å². The second kappa shape index (κ2) is 8.40. The number of likely N-dealkylation sites (N-methyl/N-ethyl adjacent to an activating group) is 1. The number of nitrogens with one attached hydrogen (secondary N) is 1. The van der Waals surface area contributed by atoms with E-state index >= 15 is 0 Å². The van der Waals surface area contributed by atoms with Crippen LogP contribution in [0.3, 0.4) is 0 Å². The molecule has 3 heteroatoms. The molecule has 2 rings (SSSR count). The van der Waals surface area contributed by atoms with E-state index in [-0.39, 0.29) is 0 Å². The Balaban J connectivity index is 1.88. The normalized spacial score (nSPS) is 19.6. The lowest BCUT2D eigenvalue weighted by molar-refractivity contribution is 0.0573. The Morgan fingerprint density at radius 3 is 2.95 bits per heavy atom. The van der Waals surface area contributed by atoms with Crippen molar-refractivity contribution in [2.75, 3.05) is 34.0 Å². The van der Waals surface area contributed by atoms with Crippen LogP contribution in [0.5, 0.6) is 0 Å².